The Hall–Kier alpha value is -0.0800. The van der Waals surface area contributed by atoms with Gasteiger partial charge in [0.1, 0.15) is 0 Å². The van der Waals surface area contributed by atoms with Crippen LogP contribution in [0.3, 0.4) is 0 Å². The molecule has 0 aliphatic heterocycles. The lowest BCUT2D eigenvalue weighted by Gasteiger charge is -2.19. The molecule has 72 valence electrons. The predicted octanol–water partition coefficient (Wildman–Crippen LogP) is 1.33. The van der Waals surface area contributed by atoms with Crippen molar-refractivity contribution in [2.24, 2.45) is 5.92 Å². The highest BCUT2D eigenvalue weighted by Crippen LogP contribution is 2.29. The first-order chi connectivity index (χ1) is 5.86. The van der Waals surface area contributed by atoms with E-state index in [1.165, 1.54) is 32.5 Å². The van der Waals surface area contributed by atoms with Crippen LogP contribution >= 0.6 is 0 Å². The Morgan fingerprint density at radius 1 is 1.33 bits per heavy atom. The average Bonchev–Trinajstić information content (AvgIpc) is 2.87. The highest BCUT2D eigenvalue weighted by molar-refractivity contribution is 4.77. The van der Waals surface area contributed by atoms with Gasteiger partial charge in [0.05, 0.1) is 0 Å². The van der Waals surface area contributed by atoms with Crippen molar-refractivity contribution in [3.63, 3.8) is 0 Å². The topological polar surface area (TPSA) is 15.3 Å². The molecule has 12 heavy (non-hydrogen) atoms. The predicted molar refractivity (Wildman–Crippen MR) is 53.4 cm³/mol. The molecule has 0 atom stereocenters. The van der Waals surface area contributed by atoms with Gasteiger partial charge in [-0.05, 0) is 31.8 Å². The highest BCUT2D eigenvalue weighted by atomic mass is 15.1. The molecule has 2 nitrogen and oxygen atoms in total. The maximum Gasteiger partial charge on any atom is 0.0107 e. The van der Waals surface area contributed by atoms with Crippen LogP contribution in [-0.2, 0) is 0 Å². The van der Waals surface area contributed by atoms with E-state index in [0.29, 0.717) is 0 Å². The molecule has 0 saturated heterocycles. The molecule has 1 fully saturated rings. The van der Waals surface area contributed by atoms with E-state index in [1.54, 1.807) is 0 Å². The van der Waals surface area contributed by atoms with E-state index in [-0.39, 0.29) is 0 Å². The first-order valence-corrected chi connectivity index (χ1v) is 5.29. The van der Waals surface area contributed by atoms with Gasteiger partial charge in [0, 0.05) is 19.6 Å². The molecule has 1 aliphatic carbocycles. The number of nitrogens with one attached hydrogen (secondary N) is 1. The lowest BCUT2D eigenvalue weighted by Crippen LogP contribution is -2.33. The molecule has 1 saturated carbocycles. The van der Waals surface area contributed by atoms with Gasteiger partial charge < -0.3 is 10.2 Å². The summed E-state index contributed by atoms with van der Waals surface area (Å²) >= 11 is 0. The quantitative estimate of drug-likeness (QED) is 0.580. The molecule has 0 bridgehead atoms. The van der Waals surface area contributed by atoms with Gasteiger partial charge in [-0.15, -0.1) is 0 Å². The van der Waals surface area contributed by atoms with Gasteiger partial charge in [-0.25, -0.2) is 0 Å². The van der Waals surface area contributed by atoms with E-state index in [9.17, 15) is 0 Å². The van der Waals surface area contributed by atoms with Crippen LogP contribution in [-0.4, -0.2) is 37.6 Å². The molecule has 0 heterocycles. The summed E-state index contributed by atoms with van der Waals surface area (Å²) in [6, 6.07) is 0. The Morgan fingerprint density at radius 3 is 2.58 bits per heavy atom. The van der Waals surface area contributed by atoms with E-state index < -0.39 is 0 Å². The van der Waals surface area contributed by atoms with Gasteiger partial charge in [0.2, 0.25) is 0 Å². The Bertz CT molecular complexity index is 110. The van der Waals surface area contributed by atoms with E-state index in [1.807, 2.05) is 0 Å². The molecule has 0 unspecified atom stereocenters. The minimum absolute atomic E-state index is 1.03. The first-order valence-electron chi connectivity index (χ1n) is 5.29. The Kier molecular flexibility index (Phi) is 4.62. The maximum absolute atomic E-state index is 3.37. The van der Waals surface area contributed by atoms with Crippen LogP contribution in [0.15, 0.2) is 0 Å². The van der Waals surface area contributed by atoms with Crippen molar-refractivity contribution in [2.45, 2.75) is 26.7 Å². The third-order valence-corrected chi connectivity index (χ3v) is 2.52. The monoisotopic (exact) mass is 170 g/mol. The molecule has 1 rings (SSSR count). The van der Waals surface area contributed by atoms with Gasteiger partial charge >= 0.3 is 0 Å². The Morgan fingerprint density at radius 2 is 2.08 bits per heavy atom. The number of nitrogens with zero attached hydrogens (tertiary/aromatic N) is 1. The van der Waals surface area contributed by atoms with Gasteiger partial charge in [-0.1, -0.05) is 13.8 Å². The van der Waals surface area contributed by atoms with Crippen LogP contribution in [0, 0.1) is 5.92 Å². The second-order valence-electron chi connectivity index (χ2n) is 3.69. The summed E-state index contributed by atoms with van der Waals surface area (Å²) in [7, 11) is 0. The molecule has 2 heteroatoms. The normalized spacial score (nSPS) is 17.2. The molecule has 0 aromatic heterocycles. The fourth-order valence-electron chi connectivity index (χ4n) is 1.46. The molecule has 1 N–H and O–H groups in total. The van der Waals surface area contributed by atoms with Gasteiger partial charge in [-0.2, -0.15) is 0 Å². The van der Waals surface area contributed by atoms with E-state index in [0.717, 1.165) is 19.0 Å². The molecule has 0 spiro atoms. The van der Waals surface area contributed by atoms with Crippen molar-refractivity contribution >= 4 is 0 Å². The lowest BCUT2D eigenvalue weighted by atomic mass is 10.3. The van der Waals surface area contributed by atoms with E-state index in [4.69, 9.17) is 0 Å². The summed E-state index contributed by atoms with van der Waals surface area (Å²) in [5, 5.41) is 3.37. The number of hydrogen-bond donors (Lipinski definition) is 1. The van der Waals surface area contributed by atoms with Crippen LogP contribution in [0.1, 0.15) is 26.7 Å². The lowest BCUT2D eigenvalue weighted by molar-refractivity contribution is 0.277. The zero-order valence-electron chi connectivity index (χ0n) is 8.47. The summed E-state index contributed by atoms with van der Waals surface area (Å²) in [5.41, 5.74) is 0. The van der Waals surface area contributed by atoms with Crippen LogP contribution in [0.4, 0.5) is 0 Å². The van der Waals surface area contributed by atoms with Crippen LogP contribution in [0.2, 0.25) is 0 Å². The summed E-state index contributed by atoms with van der Waals surface area (Å²) in [6.45, 7) is 10.4. The average molecular weight is 170 g/mol. The second kappa shape index (κ2) is 5.55. The van der Waals surface area contributed by atoms with Crippen molar-refractivity contribution < 1.29 is 0 Å². The molecule has 0 aromatic carbocycles. The van der Waals surface area contributed by atoms with Gasteiger partial charge in [0.25, 0.3) is 0 Å². The molecule has 0 aromatic rings. The maximum atomic E-state index is 3.37. The van der Waals surface area contributed by atoms with Gasteiger partial charge in [-0.3, -0.25) is 0 Å². The van der Waals surface area contributed by atoms with Crippen molar-refractivity contribution in [1.82, 2.24) is 10.2 Å². The third-order valence-electron chi connectivity index (χ3n) is 2.52. The molecule has 1 aliphatic rings. The summed E-state index contributed by atoms with van der Waals surface area (Å²) in [5.74, 6) is 1.03. The van der Waals surface area contributed by atoms with Crippen LogP contribution in [0.5, 0.6) is 0 Å². The Balaban J connectivity index is 1.98. The fraction of sp³-hybridized carbons (Fsp3) is 1.00. The standard InChI is InChI=1S/C10H22N2/c1-3-11-7-8-12(4-2)9-10-5-6-10/h10-11H,3-9H2,1-2H3. The summed E-state index contributed by atoms with van der Waals surface area (Å²) in [4.78, 5) is 2.56. The molecular weight excluding hydrogens is 148 g/mol. The zero-order chi connectivity index (χ0) is 8.81. The highest BCUT2D eigenvalue weighted by Gasteiger charge is 2.23. The van der Waals surface area contributed by atoms with Gasteiger partial charge in [0.15, 0.2) is 0 Å². The summed E-state index contributed by atoms with van der Waals surface area (Å²) < 4.78 is 0. The van der Waals surface area contributed by atoms with Crippen molar-refractivity contribution in [1.29, 1.82) is 0 Å². The number of likely N-dealkylation sites (N-methyl/N-ethyl adjacent to an activating group) is 2. The SMILES string of the molecule is CCNCCN(CC)CC1CC1. The van der Waals surface area contributed by atoms with Crippen molar-refractivity contribution in [3.05, 3.63) is 0 Å². The first kappa shape index (κ1) is 10.0. The molecular formula is C10H22N2. The minimum atomic E-state index is 1.03. The molecule has 0 amide bonds. The fourth-order valence-corrected chi connectivity index (χ4v) is 1.46. The summed E-state index contributed by atoms with van der Waals surface area (Å²) in [6.07, 6.45) is 2.94. The van der Waals surface area contributed by atoms with E-state index in [2.05, 4.69) is 24.1 Å². The number of hydrogen-bond acceptors (Lipinski definition) is 2. The Labute approximate surface area is 76.3 Å². The number of rotatable bonds is 7. The van der Waals surface area contributed by atoms with Crippen LogP contribution in [0.25, 0.3) is 0 Å². The zero-order valence-corrected chi connectivity index (χ0v) is 8.47. The largest absolute Gasteiger partial charge is 0.316 e. The second-order valence-corrected chi connectivity index (χ2v) is 3.69. The van der Waals surface area contributed by atoms with Crippen LogP contribution < -0.4 is 5.32 Å². The van der Waals surface area contributed by atoms with Crippen molar-refractivity contribution in [2.75, 3.05) is 32.7 Å². The molecule has 0 radical (unpaired) electrons. The minimum Gasteiger partial charge on any atom is -0.316 e. The smallest absolute Gasteiger partial charge is 0.0107 e. The third kappa shape index (κ3) is 4.07. The van der Waals surface area contributed by atoms with E-state index >= 15 is 0 Å². The van der Waals surface area contributed by atoms with Crippen molar-refractivity contribution in [3.8, 4) is 0 Å².